The molecule has 0 heterocycles. The number of carbonyl (C=O) groups is 1. The van der Waals surface area contributed by atoms with Crippen LogP contribution in [0.2, 0.25) is 0 Å². The largest absolute Gasteiger partial charge is 0.497 e. The summed E-state index contributed by atoms with van der Waals surface area (Å²) >= 11 is 4.98. The Balaban J connectivity index is 1.80. The van der Waals surface area contributed by atoms with E-state index in [0.717, 1.165) is 11.3 Å². The summed E-state index contributed by atoms with van der Waals surface area (Å²) in [4.78, 5) is 11.7. The van der Waals surface area contributed by atoms with E-state index in [9.17, 15) is 9.18 Å². The lowest BCUT2D eigenvalue weighted by Gasteiger charge is -2.10. The normalized spacial score (nSPS) is 10.2. The molecule has 0 aliphatic rings. The van der Waals surface area contributed by atoms with Crippen LogP contribution < -0.4 is 20.9 Å². The Kier molecular flexibility index (Phi) is 6.27. The highest BCUT2D eigenvalue weighted by molar-refractivity contribution is 7.80. The van der Waals surface area contributed by atoms with Gasteiger partial charge in [-0.15, -0.1) is 0 Å². The number of hydrazine groups is 1. The number of benzene rings is 2. The number of para-hydroxylation sites is 1. The number of halogens is 1. The Morgan fingerprint density at radius 2 is 1.83 bits per heavy atom. The number of rotatable bonds is 4. The molecule has 5 nitrogen and oxygen atoms in total. The van der Waals surface area contributed by atoms with Crippen molar-refractivity contribution in [1.29, 1.82) is 0 Å². The monoisotopic (exact) mass is 345 g/mol. The summed E-state index contributed by atoms with van der Waals surface area (Å²) in [5.74, 6) is -0.0984. The molecule has 0 aliphatic carbocycles. The van der Waals surface area contributed by atoms with Crippen LogP contribution in [0.15, 0.2) is 54.6 Å². The lowest BCUT2D eigenvalue weighted by molar-refractivity contribution is -0.116. The number of ether oxygens (including phenoxy) is 1. The van der Waals surface area contributed by atoms with E-state index in [4.69, 9.17) is 17.0 Å². The van der Waals surface area contributed by atoms with Crippen LogP contribution in [0.5, 0.6) is 5.75 Å². The molecule has 7 heteroatoms. The number of hydrogen-bond donors (Lipinski definition) is 3. The Labute approximate surface area is 144 Å². The molecule has 0 atom stereocenters. The molecule has 1 amide bonds. The average molecular weight is 345 g/mol. The first-order chi connectivity index (χ1) is 11.6. The number of carbonyl (C=O) groups excluding carboxylic acids is 1. The van der Waals surface area contributed by atoms with Gasteiger partial charge in [-0.2, -0.15) is 0 Å². The van der Waals surface area contributed by atoms with Gasteiger partial charge in [-0.05, 0) is 48.1 Å². The zero-order valence-electron chi connectivity index (χ0n) is 12.9. The van der Waals surface area contributed by atoms with Crippen LogP contribution >= 0.6 is 12.2 Å². The molecule has 0 saturated heterocycles. The number of hydrogen-bond acceptors (Lipinski definition) is 3. The van der Waals surface area contributed by atoms with E-state index in [-0.39, 0.29) is 10.8 Å². The van der Waals surface area contributed by atoms with Crippen molar-refractivity contribution in [3.8, 4) is 5.75 Å². The lowest BCUT2D eigenvalue weighted by atomic mass is 10.2. The summed E-state index contributed by atoms with van der Waals surface area (Å²) in [6, 6.07) is 13.3. The number of anilines is 1. The second-order valence-electron chi connectivity index (χ2n) is 4.65. The lowest BCUT2D eigenvalue weighted by Crippen LogP contribution is -2.43. The van der Waals surface area contributed by atoms with Crippen LogP contribution in [0.25, 0.3) is 6.08 Å². The van der Waals surface area contributed by atoms with E-state index in [1.165, 1.54) is 18.2 Å². The molecule has 0 bridgehead atoms. The number of methoxy groups -OCH3 is 1. The number of thiocarbonyl (C=S) groups is 1. The minimum Gasteiger partial charge on any atom is -0.497 e. The van der Waals surface area contributed by atoms with Crippen molar-refractivity contribution in [2.75, 3.05) is 12.4 Å². The first-order valence-corrected chi connectivity index (χ1v) is 7.43. The summed E-state index contributed by atoms with van der Waals surface area (Å²) in [6.45, 7) is 0. The molecule has 2 rings (SSSR count). The van der Waals surface area contributed by atoms with Gasteiger partial charge in [0.2, 0.25) is 0 Å². The first-order valence-electron chi connectivity index (χ1n) is 7.02. The maximum absolute atomic E-state index is 13.5. The predicted octanol–water partition coefficient (Wildman–Crippen LogP) is 2.87. The Bertz CT molecular complexity index is 748. The molecular weight excluding hydrogens is 329 g/mol. The van der Waals surface area contributed by atoms with Gasteiger partial charge in [0.15, 0.2) is 5.11 Å². The van der Waals surface area contributed by atoms with Gasteiger partial charge in [-0.25, -0.2) is 4.39 Å². The summed E-state index contributed by atoms with van der Waals surface area (Å²) in [7, 11) is 1.59. The third kappa shape index (κ3) is 5.36. The maximum Gasteiger partial charge on any atom is 0.262 e. The van der Waals surface area contributed by atoms with E-state index in [0.29, 0.717) is 0 Å². The molecule has 24 heavy (non-hydrogen) atoms. The third-order valence-corrected chi connectivity index (χ3v) is 3.17. The summed E-state index contributed by atoms with van der Waals surface area (Å²) in [6.07, 6.45) is 2.99. The second-order valence-corrected chi connectivity index (χ2v) is 5.06. The molecule has 0 saturated carbocycles. The molecule has 124 valence electrons. The van der Waals surface area contributed by atoms with E-state index in [2.05, 4.69) is 16.2 Å². The van der Waals surface area contributed by atoms with E-state index >= 15 is 0 Å². The van der Waals surface area contributed by atoms with Gasteiger partial charge in [0.25, 0.3) is 5.91 Å². The van der Waals surface area contributed by atoms with Crippen molar-refractivity contribution in [3.63, 3.8) is 0 Å². The van der Waals surface area contributed by atoms with Gasteiger partial charge in [0.05, 0.1) is 12.8 Å². The van der Waals surface area contributed by atoms with E-state index < -0.39 is 11.7 Å². The van der Waals surface area contributed by atoms with Crippen LogP contribution in [-0.2, 0) is 4.79 Å². The van der Waals surface area contributed by atoms with Crippen molar-refractivity contribution in [3.05, 3.63) is 66.0 Å². The summed E-state index contributed by atoms with van der Waals surface area (Å²) in [5, 5.41) is 2.72. The first kappa shape index (κ1) is 17.4. The van der Waals surface area contributed by atoms with Crippen LogP contribution in [0.3, 0.4) is 0 Å². The predicted molar refractivity (Wildman–Crippen MR) is 95.9 cm³/mol. The second kappa shape index (κ2) is 8.64. The highest BCUT2D eigenvalue weighted by Gasteiger charge is 2.03. The van der Waals surface area contributed by atoms with E-state index in [1.807, 2.05) is 12.1 Å². The van der Waals surface area contributed by atoms with Crippen molar-refractivity contribution in [1.82, 2.24) is 10.9 Å². The Hall–Kier alpha value is -2.93. The Morgan fingerprint density at radius 1 is 1.12 bits per heavy atom. The molecule has 0 aliphatic heterocycles. The molecule has 0 radical (unpaired) electrons. The maximum atomic E-state index is 13.5. The van der Waals surface area contributed by atoms with Crippen LogP contribution in [0.4, 0.5) is 10.1 Å². The minimum atomic E-state index is -0.438. The van der Waals surface area contributed by atoms with Crippen molar-refractivity contribution >= 4 is 35.0 Å². The van der Waals surface area contributed by atoms with Gasteiger partial charge in [-0.3, -0.25) is 15.6 Å². The SMILES string of the molecule is COc1ccc(/C=C/C(=O)NNC(=S)Nc2ccccc2F)cc1. The molecule has 0 fully saturated rings. The average Bonchev–Trinajstić information content (AvgIpc) is 2.60. The van der Waals surface area contributed by atoms with Crippen LogP contribution in [-0.4, -0.2) is 18.1 Å². The van der Waals surface area contributed by atoms with Gasteiger partial charge < -0.3 is 10.1 Å². The van der Waals surface area contributed by atoms with Crippen molar-refractivity contribution < 1.29 is 13.9 Å². The molecule has 2 aromatic carbocycles. The number of amides is 1. The van der Waals surface area contributed by atoms with Gasteiger partial charge in [-0.1, -0.05) is 24.3 Å². The van der Waals surface area contributed by atoms with Gasteiger partial charge >= 0.3 is 0 Å². The minimum absolute atomic E-state index is 0.0753. The van der Waals surface area contributed by atoms with Crippen molar-refractivity contribution in [2.45, 2.75) is 0 Å². The topological polar surface area (TPSA) is 62.4 Å². The third-order valence-electron chi connectivity index (χ3n) is 2.96. The highest BCUT2D eigenvalue weighted by Crippen LogP contribution is 2.12. The zero-order chi connectivity index (χ0) is 17.4. The number of nitrogens with one attached hydrogen (secondary N) is 3. The fraction of sp³-hybridized carbons (Fsp3) is 0.0588. The van der Waals surface area contributed by atoms with Gasteiger partial charge in [0.1, 0.15) is 11.6 Å². The van der Waals surface area contributed by atoms with Crippen molar-refractivity contribution in [2.24, 2.45) is 0 Å². The molecular formula is C17H16FN3O2S. The molecule has 0 spiro atoms. The highest BCUT2D eigenvalue weighted by atomic mass is 32.1. The fourth-order valence-corrected chi connectivity index (χ4v) is 1.92. The van der Waals surface area contributed by atoms with E-state index in [1.54, 1.807) is 37.5 Å². The molecule has 2 aromatic rings. The fourth-order valence-electron chi connectivity index (χ4n) is 1.76. The van der Waals surface area contributed by atoms with Crippen LogP contribution in [0, 0.1) is 5.82 Å². The Morgan fingerprint density at radius 3 is 2.50 bits per heavy atom. The smallest absolute Gasteiger partial charge is 0.262 e. The zero-order valence-corrected chi connectivity index (χ0v) is 13.7. The van der Waals surface area contributed by atoms with Crippen LogP contribution in [0.1, 0.15) is 5.56 Å². The van der Waals surface area contributed by atoms with Gasteiger partial charge in [0, 0.05) is 6.08 Å². The molecule has 0 unspecified atom stereocenters. The molecule has 3 N–H and O–H groups in total. The standard InChI is InChI=1S/C17H16FN3O2S/c1-23-13-9-6-12(7-10-13)8-11-16(22)20-21-17(24)19-15-5-3-2-4-14(15)18/h2-11H,1H3,(H,20,22)(H2,19,21,24)/b11-8+. The molecule has 0 aromatic heterocycles. The quantitative estimate of drug-likeness (QED) is 0.452. The summed E-state index contributed by atoms with van der Waals surface area (Å²) in [5.41, 5.74) is 5.95. The summed E-state index contributed by atoms with van der Waals surface area (Å²) < 4.78 is 18.5.